The van der Waals surface area contributed by atoms with E-state index in [1.807, 2.05) is 0 Å². The van der Waals surface area contributed by atoms with Gasteiger partial charge in [0.05, 0.1) is 12.7 Å². The molecule has 0 radical (unpaired) electrons. The van der Waals surface area contributed by atoms with Gasteiger partial charge < -0.3 is 24.9 Å². The fourth-order valence-electron chi connectivity index (χ4n) is 3.39. The van der Waals surface area contributed by atoms with Crippen LogP contribution in [-0.2, 0) is 21.6 Å². The van der Waals surface area contributed by atoms with Crippen LogP contribution in [0.5, 0.6) is 0 Å². The number of amidine groups is 1. The summed E-state index contributed by atoms with van der Waals surface area (Å²) in [7, 11) is 1.53. The minimum Gasteiger partial charge on any atom is -0.446 e. The van der Waals surface area contributed by atoms with Crippen molar-refractivity contribution in [3.8, 4) is 0 Å². The lowest BCUT2D eigenvalue weighted by atomic mass is 9.80. The van der Waals surface area contributed by atoms with Gasteiger partial charge in [0.2, 0.25) is 5.89 Å². The minimum absolute atomic E-state index is 0.170. The average molecular weight is 424 g/mol. The summed E-state index contributed by atoms with van der Waals surface area (Å²) < 4.78 is 16.0. The predicted octanol–water partition coefficient (Wildman–Crippen LogP) is 2.21. The summed E-state index contributed by atoms with van der Waals surface area (Å²) in [5.41, 5.74) is 5.61. The van der Waals surface area contributed by atoms with Crippen LogP contribution in [0.4, 0.5) is 5.82 Å². The molecule has 1 saturated heterocycles. The second-order valence-electron chi connectivity index (χ2n) is 6.79. The summed E-state index contributed by atoms with van der Waals surface area (Å²) >= 11 is 3.02. The maximum absolute atomic E-state index is 12.4. The number of aromatic nitrogens is 2. The Morgan fingerprint density at radius 1 is 1.50 bits per heavy atom. The number of fused-ring (bicyclic) bond motifs is 1. The van der Waals surface area contributed by atoms with Crippen LogP contribution in [0.3, 0.4) is 0 Å². The lowest BCUT2D eigenvalue weighted by Crippen LogP contribution is -2.49. The Hall–Kier alpha value is -1.95. The van der Waals surface area contributed by atoms with Gasteiger partial charge in [-0.15, -0.1) is 11.3 Å². The highest BCUT2D eigenvalue weighted by molar-refractivity contribution is 8.13. The Morgan fingerprint density at radius 3 is 3.18 bits per heavy atom. The van der Waals surface area contributed by atoms with Crippen molar-refractivity contribution < 1.29 is 18.7 Å². The van der Waals surface area contributed by atoms with E-state index in [0.29, 0.717) is 23.5 Å². The third kappa shape index (κ3) is 3.66. The number of amides is 1. The summed E-state index contributed by atoms with van der Waals surface area (Å²) in [6.07, 6.45) is 2.37. The van der Waals surface area contributed by atoms with Gasteiger partial charge in [0.1, 0.15) is 29.2 Å². The zero-order valence-electron chi connectivity index (χ0n) is 15.5. The van der Waals surface area contributed by atoms with Crippen molar-refractivity contribution in [3.63, 3.8) is 0 Å². The number of anilines is 1. The number of carbonyl (C=O) groups is 1. The quantitative estimate of drug-likeness (QED) is 0.750. The number of nitrogens with zero attached hydrogens (tertiary/aromatic N) is 3. The molecule has 0 unspecified atom stereocenters. The SMILES string of the molecule is COCc1nc(C(=O)Nc2csc([C@]34CO[C@@H](C)C[C@H]3CSC(N)=N4)n2)co1. The molecule has 4 rings (SSSR count). The van der Waals surface area contributed by atoms with Crippen LogP contribution in [0.15, 0.2) is 21.1 Å². The van der Waals surface area contributed by atoms with E-state index in [4.69, 9.17) is 24.6 Å². The van der Waals surface area contributed by atoms with Gasteiger partial charge in [-0.25, -0.2) is 15.0 Å². The van der Waals surface area contributed by atoms with E-state index >= 15 is 0 Å². The van der Waals surface area contributed by atoms with Crippen LogP contribution in [0, 0.1) is 5.92 Å². The number of ether oxygens (including phenoxy) is 2. The molecule has 4 heterocycles. The van der Waals surface area contributed by atoms with Crippen molar-refractivity contribution >= 4 is 40.0 Å². The highest BCUT2D eigenvalue weighted by atomic mass is 32.2. The van der Waals surface area contributed by atoms with Crippen molar-refractivity contribution in [2.75, 3.05) is 24.8 Å². The molecule has 0 bridgehead atoms. The van der Waals surface area contributed by atoms with E-state index in [1.165, 1.54) is 24.7 Å². The molecule has 2 aliphatic heterocycles. The average Bonchev–Trinajstić information content (AvgIpc) is 3.32. The number of carbonyl (C=O) groups excluding carboxylic acids is 1. The molecule has 2 aromatic heterocycles. The van der Waals surface area contributed by atoms with E-state index in [1.54, 1.807) is 17.1 Å². The first-order valence-electron chi connectivity index (χ1n) is 8.80. The summed E-state index contributed by atoms with van der Waals surface area (Å²) in [4.78, 5) is 25.9. The molecule has 0 saturated carbocycles. The number of nitrogens with one attached hydrogen (secondary N) is 1. The molecule has 1 fully saturated rings. The van der Waals surface area contributed by atoms with Gasteiger partial charge in [-0.2, -0.15) is 0 Å². The number of oxazole rings is 1. The molecular weight excluding hydrogens is 402 g/mol. The second-order valence-corrected chi connectivity index (χ2v) is 8.69. The van der Waals surface area contributed by atoms with Crippen LogP contribution >= 0.6 is 23.1 Å². The van der Waals surface area contributed by atoms with Gasteiger partial charge in [-0.05, 0) is 13.3 Å². The van der Waals surface area contributed by atoms with Crippen molar-refractivity contribution in [3.05, 3.63) is 28.2 Å². The molecule has 0 aromatic carbocycles. The monoisotopic (exact) mass is 423 g/mol. The fraction of sp³-hybridized carbons (Fsp3) is 0.529. The Balaban J connectivity index is 1.54. The molecule has 2 aromatic rings. The summed E-state index contributed by atoms with van der Waals surface area (Å²) in [6.45, 7) is 2.71. The molecular formula is C17H21N5O4S2. The third-order valence-corrected chi connectivity index (χ3v) is 6.76. The molecule has 1 amide bonds. The maximum atomic E-state index is 12.4. The van der Waals surface area contributed by atoms with Crippen LogP contribution in [0.25, 0.3) is 0 Å². The first-order valence-corrected chi connectivity index (χ1v) is 10.7. The molecule has 2 aliphatic rings. The van der Waals surface area contributed by atoms with E-state index in [9.17, 15) is 4.79 Å². The lowest BCUT2D eigenvalue weighted by molar-refractivity contribution is -0.0466. The predicted molar refractivity (Wildman–Crippen MR) is 107 cm³/mol. The number of thioether (sulfide) groups is 1. The zero-order chi connectivity index (χ0) is 19.7. The van der Waals surface area contributed by atoms with Crippen LogP contribution in [0.2, 0.25) is 0 Å². The van der Waals surface area contributed by atoms with Crippen LogP contribution in [0.1, 0.15) is 34.7 Å². The topological polar surface area (TPSA) is 125 Å². The van der Waals surface area contributed by atoms with Gasteiger partial charge in [-0.3, -0.25) is 4.79 Å². The molecule has 11 heteroatoms. The standard InChI is InChI=1S/C17H21N5O4S2/c1-9-3-10-6-28-16(18)22-17(10,8-26-9)15-21-12(7-27-15)20-14(23)11-4-25-13(19-11)5-24-2/h4,7,9-10H,3,5-6,8H2,1-2H3,(H2,18,22)(H,20,23)/t9-,10-,17-/m0/s1. The number of methoxy groups -OCH3 is 1. The molecule has 0 spiro atoms. The smallest absolute Gasteiger partial charge is 0.278 e. The normalized spacial score (nSPS) is 27.1. The van der Waals surface area contributed by atoms with Gasteiger partial charge in [0.25, 0.3) is 5.91 Å². The summed E-state index contributed by atoms with van der Waals surface area (Å²) in [5.74, 6) is 1.56. The van der Waals surface area contributed by atoms with Gasteiger partial charge >= 0.3 is 0 Å². The number of hydrogen-bond acceptors (Lipinski definition) is 10. The molecule has 9 nitrogen and oxygen atoms in total. The highest BCUT2D eigenvalue weighted by Gasteiger charge is 2.49. The van der Waals surface area contributed by atoms with Gasteiger partial charge in [0.15, 0.2) is 10.9 Å². The molecule has 0 aliphatic carbocycles. The summed E-state index contributed by atoms with van der Waals surface area (Å²) in [6, 6.07) is 0. The van der Waals surface area contributed by atoms with E-state index < -0.39 is 11.4 Å². The molecule has 3 atom stereocenters. The number of nitrogens with two attached hydrogens (primary N) is 1. The van der Waals surface area contributed by atoms with Crippen LogP contribution < -0.4 is 11.1 Å². The Bertz CT molecular complexity index is 898. The second kappa shape index (κ2) is 7.82. The van der Waals surface area contributed by atoms with Gasteiger partial charge in [0, 0.05) is 24.2 Å². The number of rotatable bonds is 5. The van der Waals surface area contributed by atoms with Crippen molar-refractivity contribution in [1.82, 2.24) is 9.97 Å². The van der Waals surface area contributed by atoms with Crippen molar-refractivity contribution in [2.45, 2.75) is 31.6 Å². The number of hydrogen-bond donors (Lipinski definition) is 2. The van der Waals surface area contributed by atoms with Crippen molar-refractivity contribution in [1.29, 1.82) is 0 Å². The lowest BCUT2D eigenvalue weighted by Gasteiger charge is -2.44. The third-order valence-electron chi connectivity index (χ3n) is 4.79. The van der Waals surface area contributed by atoms with Gasteiger partial charge in [-0.1, -0.05) is 11.8 Å². The highest BCUT2D eigenvalue weighted by Crippen LogP contribution is 2.46. The van der Waals surface area contributed by atoms with E-state index in [0.717, 1.165) is 17.2 Å². The minimum atomic E-state index is -0.588. The fourth-order valence-corrected chi connectivity index (χ4v) is 5.37. The molecule has 150 valence electrons. The van der Waals surface area contributed by atoms with Crippen molar-refractivity contribution in [2.24, 2.45) is 16.6 Å². The largest absolute Gasteiger partial charge is 0.446 e. The van der Waals surface area contributed by atoms with Crippen LogP contribution in [-0.4, -0.2) is 46.6 Å². The number of thiazole rings is 1. The Morgan fingerprint density at radius 2 is 2.36 bits per heavy atom. The first-order chi connectivity index (χ1) is 13.5. The molecule has 28 heavy (non-hydrogen) atoms. The maximum Gasteiger partial charge on any atom is 0.278 e. The summed E-state index contributed by atoms with van der Waals surface area (Å²) in [5, 5.41) is 5.89. The molecule has 3 N–H and O–H groups in total. The first kappa shape index (κ1) is 19.4. The van der Waals surface area contributed by atoms with E-state index in [-0.39, 0.29) is 24.3 Å². The Kier molecular flexibility index (Phi) is 5.41. The zero-order valence-corrected chi connectivity index (χ0v) is 17.1. The Labute approximate surface area is 170 Å². The van der Waals surface area contributed by atoms with E-state index in [2.05, 4.69) is 22.2 Å². The number of aliphatic imine (C=N–C) groups is 1.